The molecule has 726 valence electrons. The first-order valence-electron chi connectivity index (χ1n) is 46.2. The van der Waals surface area contributed by atoms with Crippen LogP contribution in [0.3, 0.4) is 0 Å². The van der Waals surface area contributed by atoms with E-state index >= 15 is 0 Å². The maximum absolute atomic E-state index is 12.5. The Bertz CT molecular complexity index is 7080. The highest BCUT2D eigenvalue weighted by molar-refractivity contribution is 9.08. The molecule has 0 aliphatic rings. The van der Waals surface area contributed by atoms with Crippen molar-refractivity contribution in [2.45, 2.75) is 144 Å². The Kier molecular flexibility index (Phi) is 39.6. The topological polar surface area (TPSA) is 223 Å². The van der Waals surface area contributed by atoms with Gasteiger partial charge >= 0.3 is 40.8 Å². The number of carbonyl (C=O) groups is 1. The summed E-state index contributed by atoms with van der Waals surface area (Å²) >= 11 is 21.1. The summed E-state index contributed by atoms with van der Waals surface area (Å²) in [6.45, 7) is 21.2. The van der Waals surface area contributed by atoms with Crippen LogP contribution in [0.1, 0.15) is 126 Å². The van der Waals surface area contributed by atoms with Crippen LogP contribution >= 0.6 is 50.7 Å². The standard InChI is InChI=1S/C36H35ClFN3.C35H34ClFN4.C23H19N3.C17H24BrClFNO2.3O2S/c1-25-12-9-10-16-30(25)36-26(2)35-31-23-39-41(29-14-7-5-8-15-29)33(31)19-20-34(35)40(36)24-28-18-17-27(22-32(28)37)13-6-3-4-11-21-38;1-24-9-6-7-12-29(24)35-25(2)34-30-22-39-41(28-10-4-3-5-11-28)32(30)15-16-33(34)40(35)23-27-14-13-26(21-31(27)36)17-20-38-19-8-18-37;1-15-8-6-7-11-18(15)23-16(2)22-19-14-24-26(17-9-4-3-5-10-17)21(19)13-12-20(22)25-23;1-17(2,3)23-16(22)21(9-4-8-20)10-7-13-5-6-14(12-18)15(19)11-13;3*1-3-2/h5,7-10,12,14-20,22-23H,3-4,6,11,13,21,24H2,1-2H3;3-7,9-16,21-22,38H,8,17-20,23H2,1-2H3;3-14,24H,1-2H3;5-6,11H,4,7-10,12H2,1-3H3;;;. The van der Waals surface area contributed by atoms with Gasteiger partial charge in [-0.2, -0.15) is 35.5 Å². The van der Waals surface area contributed by atoms with Crippen molar-refractivity contribution in [1.29, 1.82) is 0 Å². The van der Waals surface area contributed by atoms with Gasteiger partial charge in [0.05, 0.1) is 88.6 Å². The Labute approximate surface area is 848 Å². The lowest BCUT2D eigenvalue weighted by atomic mass is 10.0. The number of unbranched alkanes of at least 4 members (excludes halogenated alkanes) is 3. The molecule has 140 heavy (non-hydrogen) atoms. The predicted octanol–water partition coefficient (Wildman–Crippen LogP) is 27.6. The molecule has 0 saturated heterocycles. The van der Waals surface area contributed by atoms with Crippen molar-refractivity contribution in [2.75, 3.05) is 46.2 Å². The summed E-state index contributed by atoms with van der Waals surface area (Å²) in [6, 6.07) is 88.3. The maximum atomic E-state index is 12.5. The Balaban J connectivity index is 0.000000166. The van der Waals surface area contributed by atoms with E-state index < -0.39 is 53.1 Å². The van der Waals surface area contributed by atoms with Crippen LogP contribution in [0.5, 0.6) is 0 Å². The Morgan fingerprint density at radius 3 is 1.31 bits per heavy atom. The fourth-order valence-corrected chi connectivity index (χ4v) is 19.2. The zero-order valence-corrected chi connectivity index (χ0v) is 85.9. The van der Waals surface area contributed by atoms with Gasteiger partial charge in [0, 0.05) is 113 Å². The van der Waals surface area contributed by atoms with E-state index in [2.05, 4.69) is 282 Å². The van der Waals surface area contributed by atoms with Crippen LogP contribution in [-0.4, -0.2) is 132 Å². The van der Waals surface area contributed by atoms with Gasteiger partial charge in [-0.05, 0) is 278 Å². The zero-order valence-electron chi connectivity index (χ0n) is 79.6. The van der Waals surface area contributed by atoms with Crippen molar-refractivity contribution in [3.05, 3.63) is 355 Å². The van der Waals surface area contributed by atoms with Crippen LogP contribution < -0.4 is 5.32 Å². The number of halogens is 7. The summed E-state index contributed by atoms with van der Waals surface area (Å²) in [5, 5.41) is 26.4. The molecule has 0 aliphatic carbocycles. The number of nitrogens with one attached hydrogen (secondary N) is 2. The van der Waals surface area contributed by atoms with Gasteiger partial charge in [-0.15, -0.1) is 0 Å². The molecule has 0 radical (unpaired) electrons. The molecule has 6 aromatic heterocycles. The summed E-state index contributed by atoms with van der Waals surface area (Å²) in [6.07, 6.45) is 12.7. The number of hydrogen-bond acceptors (Lipinski definition) is 12. The predicted molar refractivity (Wildman–Crippen MR) is 570 cm³/mol. The molecule has 18 rings (SSSR count). The van der Waals surface area contributed by atoms with Crippen LogP contribution in [0.15, 0.2) is 273 Å². The maximum Gasteiger partial charge on any atom is 0.410 e. The van der Waals surface area contributed by atoms with Gasteiger partial charge in [0.1, 0.15) is 5.60 Å². The number of aryl methyl sites for hydroxylation is 7. The summed E-state index contributed by atoms with van der Waals surface area (Å²) in [7, 11) is 0. The molecule has 0 aliphatic heterocycles. The largest absolute Gasteiger partial charge is 0.444 e. The lowest BCUT2D eigenvalue weighted by Crippen LogP contribution is -2.38. The molecule has 0 spiro atoms. The molecule has 12 aromatic carbocycles. The van der Waals surface area contributed by atoms with E-state index in [1.165, 1.54) is 99.6 Å². The normalized spacial score (nSPS) is 11.1. The second-order valence-electron chi connectivity index (χ2n) is 34.8. The second kappa shape index (κ2) is 52.1. The third-order valence-electron chi connectivity index (χ3n) is 24.5. The highest BCUT2D eigenvalue weighted by Gasteiger charge is 2.27. The molecule has 0 saturated carbocycles. The van der Waals surface area contributed by atoms with Crippen LogP contribution in [-0.2, 0) is 77.1 Å². The molecule has 18 aromatic rings. The van der Waals surface area contributed by atoms with Gasteiger partial charge in [0.25, 0.3) is 0 Å². The number of rotatable bonds is 29. The van der Waals surface area contributed by atoms with Crippen molar-refractivity contribution in [1.82, 2.24) is 53.7 Å². The minimum Gasteiger partial charge on any atom is -0.444 e. The molecule has 0 unspecified atom stereocenters. The number of alkyl halides is 4. The van der Waals surface area contributed by atoms with E-state index in [0.717, 1.165) is 132 Å². The lowest BCUT2D eigenvalue weighted by molar-refractivity contribution is 0.0247. The summed E-state index contributed by atoms with van der Waals surface area (Å²) < 4.78 is 103. The number of H-pyrrole nitrogens is 1. The SMILES string of the molecule is CC(C)(C)OC(=O)N(CCCF)CCc1ccc(CBr)c(Cl)c1.Cc1ccccc1-c1c(C)c2c3cnn(-c4ccccc4)c3ccc2n1Cc1ccc(CCCCCCF)cc1Cl.Cc1ccccc1-c1c(C)c2c3cnn(-c4ccccc4)c3ccc2n1Cc1ccc(CCNCCCF)cc1Cl.Cc1ccccc1-c1nc2ccc3c(c[nH]n3-c3ccccc3)c2c1C.O=S=O.O=S=O.O=S=O. The van der Waals surface area contributed by atoms with E-state index in [4.69, 9.17) is 80.0 Å². The highest BCUT2D eigenvalue weighted by Crippen LogP contribution is 2.44. The molecule has 0 atom stereocenters. The summed E-state index contributed by atoms with van der Waals surface area (Å²) in [4.78, 5) is 18.7. The molecule has 1 amide bonds. The van der Waals surface area contributed by atoms with Crippen LogP contribution in [0.4, 0.5) is 18.0 Å². The minimum atomic E-state index is -0.750. The number of hydrogen-bond donors (Lipinski definition) is 2. The van der Waals surface area contributed by atoms with Crippen LogP contribution in [0.25, 0.3) is 116 Å². The highest BCUT2D eigenvalue weighted by atomic mass is 79.9. The number of fused-ring (bicyclic) bond motifs is 9. The van der Waals surface area contributed by atoms with Crippen molar-refractivity contribution in [3.63, 3.8) is 0 Å². The van der Waals surface area contributed by atoms with E-state index in [0.29, 0.717) is 68.8 Å². The lowest BCUT2D eigenvalue weighted by Gasteiger charge is -2.27. The van der Waals surface area contributed by atoms with Crippen LogP contribution in [0, 0.1) is 41.5 Å². The second-order valence-corrected chi connectivity index (χ2v) is 37.0. The monoisotopic (exact) mass is 2060 g/mol. The van der Waals surface area contributed by atoms with Gasteiger partial charge in [0.15, 0.2) is 0 Å². The Hall–Kier alpha value is -12.5. The number of ether oxygens (including phenoxy) is 1. The van der Waals surface area contributed by atoms with Crippen molar-refractivity contribution in [3.8, 4) is 50.8 Å². The first-order valence-corrected chi connectivity index (χ1v) is 50.5. The average molecular weight is 2070 g/mol. The number of aromatic amines is 1. The van der Waals surface area contributed by atoms with Gasteiger partial charge in [-0.25, -0.2) is 19.1 Å². The number of nitrogens with zero attached hydrogens (tertiary/aromatic N) is 9. The van der Waals surface area contributed by atoms with Crippen molar-refractivity contribution < 1.29 is 48.0 Å². The molecule has 0 bridgehead atoms. The molecular weight excluding hydrogens is 1950 g/mol. The quantitative estimate of drug-likeness (QED) is 0.0330. The summed E-state index contributed by atoms with van der Waals surface area (Å²) in [5.74, 6) is 0. The molecule has 19 nitrogen and oxygen atoms in total. The zero-order chi connectivity index (χ0) is 99.9. The third-order valence-corrected chi connectivity index (χ3v) is 26.1. The van der Waals surface area contributed by atoms with Gasteiger partial charge < -0.3 is 29.2 Å². The average Bonchev–Trinajstić information content (AvgIpc) is 1.58. The fourth-order valence-electron chi connectivity index (χ4n) is 17.8. The Morgan fingerprint density at radius 1 is 0.436 bits per heavy atom. The minimum absolute atomic E-state index is 0.223. The van der Waals surface area contributed by atoms with E-state index in [1.807, 2.05) is 103 Å². The van der Waals surface area contributed by atoms with Crippen molar-refractivity contribution >= 4 is 157 Å². The summed E-state index contributed by atoms with van der Waals surface area (Å²) in [5.41, 5.74) is 30.6. The van der Waals surface area contributed by atoms with E-state index in [1.54, 1.807) is 4.90 Å². The van der Waals surface area contributed by atoms with Crippen LogP contribution in [0.2, 0.25) is 15.1 Å². The number of para-hydroxylation sites is 3. The molecule has 29 heteroatoms. The van der Waals surface area contributed by atoms with Gasteiger partial charge in [0.2, 0.25) is 0 Å². The van der Waals surface area contributed by atoms with E-state index in [-0.39, 0.29) is 13.3 Å². The number of amides is 1. The first kappa shape index (κ1) is 106. The number of benzene rings is 12. The Morgan fingerprint density at radius 2 is 0.857 bits per heavy atom. The smallest absolute Gasteiger partial charge is 0.410 e. The van der Waals surface area contributed by atoms with E-state index in [9.17, 15) is 18.0 Å². The molecule has 2 N–H and O–H groups in total. The number of aromatic nitrogens is 9. The molecular formula is C111H112BrCl3F3N11O8S3. The molecule has 6 heterocycles. The number of carbonyl (C=O) groups excluding carboxylic acids is 1. The third kappa shape index (κ3) is 26.4. The first-order chi connectivity index (χ1) is 67.9. The molecule has 0 fully saturated rings. The fraction of sp³-hybridized carbons (Fsp3) is 0.261. The van der Waals surface area contributed by atoms with Crippen molar-refractivity contribution in [2.24, 2.45) is 0 Å². The van der Waals surface area contributed by atoms with Gasteiger partial charge in [-0.1, -0.05) is 227 Å². The van der Waals surface area contributed by atoms with Gasteiger partial charge in [-0.3, -0.25) is 17.9 Å².